The van der Waals surface area contributed by atoms with Crippen molar-refractivity contribution < 1.29 is 0 Å². The average molecular weight is 237 g/mol. The minimum atomic E-state index is 0.262. The van der Waals surface area contributed by atoms with Gasteiger partial charge in [-0.05, 0) is 15.9 Å². The van der Waals surface area contributed by atoms with E-state index in [9.17, 15) is 0 Å². The van der Waals surface area contributed by atoms with E-state index in [1.807, 2.05) is 0 Å². The summed E-state index contributed by atoms with van der Waals surface area (Å²) in [6, 6.07) is 0. The highest BCUT2D eigenvalue weighted by atomic mass is 79.9. The van der Waals surface area contributed by atoms with Gasteiger partial charge in [-0.15, -0.1) is 0 Å². The van der Waals surface area contributed by atoms with Gasteiger partial charge in [-0.1, -0.05) is 11.6 Å². The second-order valence-corrected chi connectivity index (χ2v) is 2.88. The predicted molar refractivity (Wildman–Crippen MR) is 48.7 cm³/mol. The fourth-order valence-corrected chi connectivity index (χ4v) is 1.15. The van der Waals surface area contributed by atoms with E-state index < -0.39 is 0 Å². The molecular weight excluding hydrogens is 231 g/mol. The third kappa shape index (κ3) is 1.72. The molecule has 0 atom stereocenters. The zero-order valence-electron chi connectivity index (χ0n) is 5.73. The maximum atomic E-state index is 5.73. The minimum absolute atomic E-state index is 0.262. The number of aromatic nitrogens is 2. The molecule has 60 valence electrons. The summed E-state index contributed by atoms with van der Waals surface area (Å²) in [5.41, 5.74) is 5.44. The first-order chi connectivity index (χ1) is 5.15. The molecule has 6 heteroatoms. The molecule has 0 aliphatic carbocycles. The highest BCUT2D eigenvalue weighted by molar-refractivity contribution is 9.10. The summed E-state index contributed by atoms with van der Waals surface area (Å²) in [6.07, 6.45) is 0. The van der Waals surface area contributed by atoms with Crippen molar-refractivity contribution in [3.05, 3.63) is 9.76 Å². The topological polar surface area (TPSA) is 63.8 Å². The maximum Gasteiger partial charge on any atom is 0.200 e. The van der Waals surface area contributed by atoms with Crippen molar-refractivity contribution in [2.75, 3.05) is 18.1 Å². The van der Waals surface area contributed by atoms with Gasteiger partial charge in [0.25, 0.3) is 0 Å². The van der Waals surface area contributed by atoms with Gasteiger partial charge in [0.05, 0.1) is 0 Å². The predicted octanol–water partition coefficient (Wildman–Crippen LogP) is 1.52. The fourth-order valence-electron chi connectivity index (χ4n) is 0.602. The summed E-state index contributed by atoms with van der Waals surface area (Å²) >= 11 is 8.82. The van der Waals surface area contributed by atoms with E-state index in [1.165, 1.54) is 0 Å². The molecule has 1 aromatic rings. The highest BCUT2D eigenvalue weighted by Gasteiger charge is 2.06. The van der Waals surface area contributed by atoms with Crippen LogP contribution in [0.25, 0.3) is 0 Å². The number of halogens is 2. The van der Waals surface area contributed by atoms with E-state index in [0.717, 1.165) is 0 Å². The Balaban J connectivity index is 3.24. The SMILES string of the molecule is CNc1nc(Br)nc(N)c1Cl. The molecule has 1 rings (SSSR count). The van der Waals surface area contributed by atoms with Crippen molar-refractivity contribution in [1.82, 2.24) is 9.97 Å². The molecule has 0 saturated carbocycles. The minimum Gasteiger partial charge on any atom is -0.382 e. The second-order valence-electron chi connectivity index (χ2n) is 1.79. The van der Waals surface area contributed by atoms with Crippen LogP contribution >= 0.6 is 27.5 Å². The lowest BCUT2D eigenvalue weighted by atomic mass is 10.5. The summed E-state index contributed by atoms with van der Waals surface area (Å²) in [5.74, 6) is 0.781. The monoisotopic (exact) mass is 236 g/mol. The second kappa shape index (κ2) is 3.23. The third-order valence-electron chi connectivity index (χ3n) is 1.09. The smallest absolute Gasteiger partial charge is 0.200 e. The van der Waals surface area contributed by atoms with Crippen molar-refractivity contribution >= 4 is 39.2 Å². The first kappa shape index (κ1) is 8.55. The molecular formula is C5H6BrClN4. The van der Waals surface area contributed by atoms with Crippen LogP contribution < -0.4 is 11.1 Å². The third-order valence-corrected chi connectivity index (χ3v) is 1.81. The average Bonchev–Trinajstić information content (AvgIpc) is 1.96. The van der Waals surface area contributed by atoms with Crippen LogP contribution in [0.4, 0.5) is 11.6 Å². The standard InChI is InChI=1S/C5H6BrClN4/c1-9-4-2(7)3(8)10-5(6)11-4/h1H3,(H3,8,9,10,11). The van der Waals surface area contributed by atoms with Gasteiger partial charge in [-0.25, -0.2) is 9.97 Å². The van der Waals surface area contributed by atoms with Crippen molar-refractivity contribution in [1.29, 1.82) is 0 Å². The number of anilines is 2. The lowest BCUT2D eigenvalue weighted by Gasteiger charge is -2.03. The lowest BCUT2D eigenvalue weighted by molar-refractivity contribution is 1.12. The molecule has 0 aliphatic rings. The number of nitrogens with one attached hydrogen (secondary N) is 1. The van der Waals surface area contributed by atoms with Crippen LogP contribution in [0.2, 0.25) is 5.02 Å². The molecule has 3 N–H and O–H groups in total. The van der Waals surface area contributed by atoms with Crippen molar-refractivity contribution in [2.24, 2.45) is 0 Å². The number of hydrogen-bond donors (Lipinski definition) is 2. The van der Waals surface area contributed by atoms with Crippen molar-refractivity contribution in [3.8, 4) is 0 Å². The molecule has 0 saturated heterocycles. The lowest BCUT2D eigenvalue weighted by Crippen LogP contribution is -2.00. The van der Waals surface area contributed by atoms with Gasteiger partial charge >= 0.3 is 0 Å². The molecule has 4 nitrogen and oxygen atoms in total. The summed E-state index contributed by atoms with van der Waals surface area (Å²) in [7, 11) is 1.71. The fraction of sp³-hybridized carbons (Fsp3) is 0.200. The van der Waals surface area contributed by atoms with E-state index in [-0.39, 0.29) is 5.82 Å². The Hall–Kier alpha value is -0.550. The van der Waals surface area contributed by atoms with Gasteiger partial charge in [0.2, 0.25) is 4.73 Å². The molecule has 11 heavy (non-hydrogen) atoms. The van der Waals surface area contributed by atoms with Crippen LogP contribution in [-0.2, 0) is 0 Å². The Bertz CT molecular complexity index is 277. The van der Waals surface area contributed by atoms with Crippen LogP contribution in [0.3, 0.4) is 0 Å². The Labute approximate surface area is 77.3 Å². The highest BCUT2D eigenvalue weighted by Crippen LogP contribution is 2.25. The number of rotatable bonds is 1. The van der Waals surface area contributed by atoms with E-state index in [1.54, 1.807) is 7.05 Å². The van der Waals surface area contributed by atoms with Gasteiger partial charge in [-0.2, -0.15) is 0 Å². The number of nitrogens with zero attached hydrogens (tertiary/aromatic N) is 2. The van der Waals surface area contributed by atoms with E-state index in [4.69, 9.17) is 17.3 Å². The summed E-state index contributed by atoms with van der Waals surface area (Å²) < 4.78 is 0.420. The molecule has 0 aromatic carbocycles. The van der Waals surface area contributed by atoms with Crippen LogP contribution in [-0.4, -0.2) is 17.0 Å². The van der Waals surface area contributed by atoms with Crippen molar-refractivity contribution in [2.45, 2.75) is 0 Å². The number of nitrogen functional groups attached to an aromatic ring is 1. The number of nitrogens with two attached hydrogens (primary N) is 1. The van der Waals surface area contributed by atoms with Crippen molar-refractivity contribution in [3.63, 3.8) is 0 Å². The molecule has 0 unspecified atom stereocenters. The van der Waals surface area contributed by atoms with Gasteiger partial charge in [0.15, 0.2) is 5.82 Å². The Morgan fingerprint density at radius 1 is 1.55 bits per heavy atom. The normalized spacial score (nSPS) is 9.73. The molecule has 1 aromatic heterocycles. The molecule has 0 amide bonds. The van der Waals surface area contributed by atoms with Gasteiger partial charge in [0.1, 0.15) is 10.8 Å². The molecule has 0 aliphatic heterocycles. The first-order valence-corrected chi connectivity index (χ1v) is 3.98. The molecule has 1 heterocycles. The van der Waals surface area contributed by atoms with Crippen LogP contribution in [0.5, 0.6) is 0 Å². The summed E-state index contributed by atoms with van der Waals surface area (Å²) in [5, 5.41) is 3.13. The zero-order valence-corrected chi connectivity index (χ0v) is 8.07. The van der Waals surface area contributed by atoms with Gasteiger partial charge in [0, 0.05) is 7.05 Å². The van der Waals surface area contributed by atoms with Crippen LogP contribution in [0.15, 0.2) is 4.73 Å². The largest absolute Gasteiger partial charge is 0.382 e. The quantitative estimate of drug-likeness (QED) is 0.727. The Morgan fingerprint density at radius 3 is 2.73 bits per heavy atom. The van der Waals surface area contributed by atoms with Gasteiger partial charge < -0.3 is 11.1 Å². The summed E-state index contributed by atoms with van der Waals surface area (Å²) in [4.78, 5) is 7.73. The van der Waals surface area contributed by atoms with Crippen LogP contribution in [0, 0.1) is 0 Å². The zero-order chi connectivity index (χ0) is 8.43. The molecule has 0 spiro atoms. The molecule has 0 fully saturated rings. The number of hydrogen-bond acceptors (Lipinski definition) is 4. The van der Waals surface area contributed by atoms with E-state index >= 15 is 0 Å². The molecule has 0 bridgehead atoms. The van der Waals surface area contributed by atoms with E-state index in [0.29, 0.717) is 15.6 Å². The maximum absolute atomic E-state index is 5.73. The summed E-state index contributed by atoms with van der Waals surface area (Å²) in [6.45, 7) is 0. The van der Waals surface area contributed by atoms with Crippen LogP contribution in [0.1, 0.15) is 0 Å². The van der Waals surface area contributed by atoms with Gasteiger partial charge in [-0.3, -0.25) is 0 Å². The first-order valence-electron chi connectivity index (χ1n) is 2.81. The Morgan fingerprint density at radius 2 is 2.18 bits per heavy atom. The van der Waals surface area contributed by atoms with E-state index in [2.05, 4.69) is 31.2 Å². The Kier molecular flexibility index (Phi) is 2.51. The molecule has 0 radical (unpaired) electrons.